The highest BCUT2D eigenvalue weighted by Gasteiger charge is 2.16. The first-order chi connectivity index (χ1) is 14.3. The maximum Gasteiger partial charge on any atom is 0.128 e. The van der Waals surface area contributed by atoms with Crippen molar-refractivity contribution in [1.29, 1.82) is 0 Å². The molecule has 5 heteroatoms. The van der Waals surface area contributed by atoms with Gasteiger partial charge in [0, 0.05) is 23.4 Å². The van der Waals surface area contributed by atoms with Crippen LogP contribution in [-0.2, 0) is 6.42 Å². The Morgan fingerprint density at radius 3 is 2.59 bits per heavy atom. The maximum absolute atomic E-state index is 6.42. The molecule has 1 unspecified atom stereocenters. The van der Waals surface area contributed by atoms with Gasteiger partial charge in [-0.25, -0.2) is 0 Å². The van der Waals surface area contributed by atoms with Crippen molar-refractivity contribution in [2.75, 3.05) is 0 Å². The number of benzene rings is 3. The van der Waals surface area contributed by atoms with E-state index in [2.05, 4.69) is 57.8 Å². The van der Waals surface area contributed by atoms with Gasteiger partial charge in [-0.05, 0) is 41.5 Å². The van der Waals surface area contributed by atoms with Crippen molar-refractivity contribution in [3.8, 4) is 17.0 Å². The van der Waals surface area contributed by atoms with Gasteiger partial charge < -0.3 is 9.26 Å². The first-order valence-corrected chi connectivity index (χ1v) is 9.49. The minimum absolute atomic E-state index is 0.122. The van der Waals surface area contributed by atoms with Crippen LogP contribution < -0.4 is 4.74 Å². The lowest BCUT2D eigenvalue weighted by molar-refractivity contribution is 0.206. The van der Waals surface area contributed by atoms with E-state index in [4.69, 9.17) is 9.26 Å². The molecule has 0 radical (unpaired) electrons. The molecular formula is C24H19N3O2. The molecule has 0 spiro atoms. The molecule has 0 bridgehead atoms. The van der Waals surface area contributed by atoms with E-state index in [1.165, 1.54) is 5.56 Å². The topological polar surface area (TPSA) is 63.9 Å². The fraction of sp³-hybridized carbons (Fsp3) is 0.0833. The van der Waals surface area contributed by atoms with Crippen molar-refractivity contribution < 1.29 is 9.26 Å². The van der Waals surface area contributed by atoms with Gasteiger partial charge in [0.25, 0.3) is 0 Å². The van der Waals surface area contributed by atoms with Gasteiger partial charge in [0.2, 0.25) is 0 Å². The Morgan fingerprint density at radius 1 is 0.931 bits per heavy atom. The number of aromatic nitrogens is 3. The minimum atomic E-state index is -0.122. The van der Waals surface area contributed by atoms with Gasteiger partial charge in [-0.15, -0.1) is 0 Å². The Kier molecular flexibility index (Phi) is 4.54. The van der Waals surface area contributed by atoms with Gasteiger partial charge in [0.1, 0.15) is 23.8 Å². The van der Waals surface area contributed by atoms with Gasteiger partial charge in [0.15, 0.2) is 0 Å². The molecule has 142 valence electrons. The summed E-state index contributed by atoms with van der Waals surface area (Å²) in [6, 6.07) is 26.4. The summed E-state index contributed by atoms with van der Waals surface area (Å²) in [5, 5.41) is 12.2. The highest BCUT2D eigenvalue weighted by atomic mass is 16.5. The third-order valence-corrected chi connectivity index (χ3v) is 4.97. The Bertz CT molecular complexity index is 1200. The summed E-state index contributed by atoms with van der Waals surface area (Å²) >= 11 is 0. The molecule has 1 N–H and O–H groups in total. The first kappa shape index (κ1) is 17.3. The molecule has 1 atom stereocenters. The second-order valence-electron chi connectivity index (χ2n) is 6.92. The molecule has 2 heterocycles. The Balaban J connectivity index is 1.44. The first-order valence-electron chi connectivity index (χ1n) is 9.49. The predicted molar refractivity (Wildman–Crippen MR) is 112 cm³/mol. The second kappa shape index (κ2) is 7.64. The van der Waals surface area contributed by atoms with Crippen LogP contribution in [0.25, 0.3) is 22.2 Å². The molecule has 2 aromatic heterocycles. The van der Waals surface area contributed by atoms with E-state index in [1.54, 1.807) is 6.26 Å². The molecule has 0 aliphatic rings. The van der Waals surface area contributed by atoms with E-state index in [-0.39, 0.29) is 6.10 Å². The number of rotatable bonds is 6. The summed E-state index contributed by atoms with van der Waals surface area (Å²) in [4.78, 5) is 0. The molecule has 0 fully saturated rings. The molecule has 29 heavy (non-hydrogen) atoms. The largest absolute Gasteiger partial charge is 0.485 e. The van der Waals surface area contributed by atoms with Crippen LogP contribution in [0.3, 0.4) is 0 Å². The Labute approximate surface area is 167 Å². The zero-order valence-corrected chi connectivity index (χ0v) is 15.7. The third kappa shape index (κ3) is 3.75. The molecule has 5 aromatic rings. The predicted octanol–water partition coefficient (Wildman–Crippen LogP) is 5.58. The highest BCUT2D eigenvalue weighted by molar-refractivity contribution is 5.78. The quantitative estimate of drug-likeness (QED) is 0.417. The van der Waals surface area contributed by atoms with Crippen LogP contribution in [0.5, 0.6) is 5.75 Å². The van der Waals surface area contributed by atoms with Gasteiger partial charge in [-0.1, -0.05) is 47.6 Å². The number of hydrogen-bond donors (Lipinski definition) is 1. The average molecular weight is 381 g/mol. The summed E-state index contributed by atoms with van der Waals surface area (Å²) in [7, 11) is 0. The average Bonchev–Trinajstić information content (AvgIpc) is 3.46. The van der Waals surface area contributed by atoms with Gasteiger partial charge in [-0.3, -0.25) is 5.10 Å². The van der Waals surface area contributed by atoms with E-state index >= 15 is 0 Å². The number of H-pyrrole nitrogens is 1. The minimum Gasteiger partial charge on any atom is -0.485 e. The molecule has 0 aliphatic heterocycles. The van der Waals surface area contributed by atoms with Crippen molar-refractivity contribution >= 4 is 10.9 Å². The van der Waals surface area contributed by atoms with E-state index < -0.39 is 0 Å². The fourth-order valence-corrected chi connectivity index (χ4v) is 3.44. The van der Waals surface area contributed by atoms with E-state index in [9.17, 15) is 0 Å². The zero-order valence-electron chi connectivity index (χ0n) is 15.7. The van der Waals surface area contributed by atoms with E-state index in [1.807, 2.05) is 42.6 Å². The summed E-state index contributed by atoms with van der Waals surface area (Å²) < 4.78 is 11.4. The van der Waals surface area contributed by atoms with Crippen molar-refractivity contribution in [3.63, 3.8) is 0 Å². The zero-order chi connectivity index (χ0) is 19.5. The molecule has 0 saturated heterocycles. The Morgan fingerprint density at radius 2 is 1.79 bits per heavy atom. The van der Waals surface area contributed by atoms with Crippen molar-refractivity contribution in [3.05, 3.63) is 102 Å². The van der Waals surface area contributed by atoms with Crippen molar-refractivity contribution in [1.82, 2.24) is 15.4 Å². The monoisotopic (exact) mass is 381 g/mol. The van der Waals surface area contributed by atoms with Crippen molar-refractivity contribution in [2.24, 2.45) is 0 Å². The lowest BCUT2D eigenvalue weighted by Gasteiger charge is -2.20. The number of ether oxygens (including phenoxy) is 1. The highest BCUT2D eigenvalue weighted by Crippen LogP contribution is 2.29. The number of aromatic amines is 1. The molecule has 0 amide bonds. The van der Waals surface area contributed by atoms with Gasteiger partial charge in [0.05, 0.1) is 11.7 Å². The number of nitrogens with zero attached hydrogens (tertiary/aromatic N) is 2. The van der Waals surface area contributed by atoms with Crippen LogP contribution in [0.2, 0.25) is 0 Å². The van der Waals surface area contributed by atoms with Crippen LogP contribution in [0, 0.1) is 0 Å². The third-order valence-electron chi connectivity index (χ3n) is 4.97. The van der Waals surface area contributed by atoms with Crippen molar-refractivity contribution in [2.45, 2.75) is 12.5 Å². The lowest BCUT2D eigenvalue weighted by atomic mass is 10.00. The maximum atomic E-state index is 6.42. The number of hydrogen-bond acceptors (Lipinski definition) is 4. The molecule has 0 aliphatic carbocycles. The standard InChI is InChI=1S/C24H19N3O2/c1-2-4-17(5-3-1)14-24(19-6-7-20-16-25-26-23(20)15-19)29-21-10-8-18(9-11-21)22-12-13-28-27-22/h1-13,15-16,24H,14H2,(H,25,26). The van der Waals surface area contributed by atoms with Crippen LogP contribution in [-0.4, -0.2) is 15.4 Å². The summed E-state index contributed by atoms with van der Waals surface area (Å²) in [5.74, 6) is 0.808. The fourth-order valence-electron chi connectivity index (χ4n) is 3.44. The van der Waals surface area contributed by atoms with Crippen LogP contribution in [0.15, 0.2) is 95.8 Å². The SMILES string of the molecule is c1ccc(CC(Oc2ccc(-c3ccon3)cc2)c2ccc3cn[nH]c3c2)cc1. The molecule has 0 saturated carbocycles. The number of fused-ring (bicyclic) bond motifs is 1. The van der Waals surface area contributed by atoms with Gasteiger partial charge >= 0.3 is 0 Å². The molecule has 5 rings (SSSR count). The molecule has 5 nitrogen and oxygen atoms in total. The van der Waals surface area contributed by atoms with Crippen LogP contribution in [0.4, 0.5) is 0 Å². The van der Waals surface area contributed by atoms with Crippen LogP contribution in [0.1, 0.15) is 17.2 Å². The van der Waals surface area contributed by atoms with Gasteiger partial charge in [-0.2, -0.15) is 5.10 Å². The number of nitrogens with one attached hydrogen (secondary N) is 1. The summed E-state index contributed by atoms with van der Waals surface area (Å²) in [6.07, 6.45) is 4.05. The van der Waals surface area contributed by atoms with E-state index in [0.29, 0.717) is 0 Å². The summed E-state index contributed by atoms with van der Waals surface area (Å²) in [6.45, 7) is 0. The molecule has 3 aromatic carbocycles. The molecular weight excluding hydrogens is 362 g/mol. The lowest BCUT2D eigenvalue weighted by Crippen LogP contribution is -2.11. The smallest absolute Gasteiger partial charge is 0.128 e. The summed E-state index contributed by atoms with van der Waals surface area (Å²) in [5.41, 5.74) is 5.13. The normalized spacial score (nSPS) is 12.1. The van der Waals surface area contributed by atoms with E-state index in [0.717, 1.165) is 39.9 Å². The second-order valence-corrected chi connectivity index (χ2v) is 6.92. The Hall–Kier alpha value is -3.86. The van der Waals surface area contributed by atoms with Crippen LogP contribution >= 0.6 is 0 Å².